The lowest BCUT2D eigenvalue weighted by molar-refractivity contribution is 1.09. The number of H-pyrrole nitrogens is 1. The molecule has 0 radical (unpaired) electrons. The van der Waals surface area contributed by atoms with Crippen LogP contribution in [-0.2, 0) is 12.8 Å². The number of anilines is 2. The van der Waals surface area contributed by atoms with E-state index in [-0.39, 0.29) is 0 Å². The van der Waals surface area contributed by atoms with E-state index >= 15 is 0 Å². The highest BCUT2D eigenvalue weighted by molar-refractivity contribution is 7.80. The topological polar surface area (TPSA) is 52.7 Å². The maximum atomic E-state index is 5.56. The van der Waals surface area contributed by atoms with Gasteiger partial charge in [-0.1, -0.05) is 44.2 Å². The Morgan fingerprint density at radius 3 is 2.21 bits per heavy atom. The van der Waals surface area contributed by atoms with Gasteiger partial charge >= 0.3 is 0 Å². The fourth-order valence-electron chi connectivity index (χ4n) is 3.48. The summed E-state index contributed by atoms with van der Waals surface area (Å²) < 4.78 is 0. The number of aromatic nitrogens is 2. The van der Waals surface area contributed by atoms with Gasteiger partial charge in [0.05, 0.1) is 11.0 Å². The van der Waals surface area contributed by atoms with Crippen LogP contribution in [0.3, 0.4) is 0 Å². The van der Waals surface area contributed by atoms with Crippen molar-refractivity contribution in [3.8, 4) is 11.4 Å². The molecule has 0 spiro atoms. The third-order valence-electron chi connectivity index (χ3n) is 5.04. The summed E-state index contributed by atoms with van der Waals surface area (Å²) in [7, 11) is 0. The third-order valence-corrected chi connectivity index (χ3v) is 5.25. The van der Waals surface area contributed by atoms with Crippen LogP contribution in [0.4, 0.5) is 11.4 Å². The number of imidazole rings is 1. The summed E-state index contributed by atoms with van der Waals surface area (Å²) in [6.07, 6.45) is 1.93. The number of benzene rings is 3. The number of aryl methyl sites for hydroxylation is 2. The van der Waals surface area contributed by atoms with E-state index < -0.39 is 0 Å². The van der Waals surface area contributed by atoms with Crippen molar-refractivity contribution >= 4 is 39.7 Å². The molecule has 0 aliphatic carbocycles. The predicted octanol–water partition coefficient (Wildman–Crippen LogP) is 6.16. The molecule has 0 unspecified atom stereocenters. The molecule has 1 aromatic heterocycles. The minimum atomic E-state index is 0.595. The Balaban J connectivity index is 1.48. The maximum absolute atomic E-state index is 5.56. The first-order valence-electron chi connectivity index (χ1n) is 9.92. The number of fused-ring (bicyclic) bond motifs is 1. The Bertz CT molecular complexity index is 1090. The number of hydrogen-bond acceptors (Lipinski definition) is 2. The van der Waals surface area contributed by atoms with Gasteiger partial charge in [0.1, 0.15) is 5.82 Å². The first kappa shape index (κ1) is 19.2. The van der Waals surface area contributed by atoms with E-state index in [0.29, 0.717) is 5.11 Å². The van der Waals surface area contributed by atoms with Crippen molar-refractivity contribution in [3.05, 3.63) is 77.9 Å². The zero-order valence-electron chi connectivity index (χ0n) is 16.6. The molecule has 4 aromatic rings. The summed E-state index contributed by atoms with van der Waals surface area (Å²) in [6.45, 7) is 4.32. The Labute approximate surface area is 176 Å². The molecule has 0 fully saturated rings. The van der Waals surface area contributed by atoms with Gasteiger partial charge in [0.15, 0.2) is 5.11 Å². The highest BCUT2D eigenvalue weighted by atomic mass is 32.1. The zero-order chi connectivity index (χ0) is 20.2. The minimum absolute atomic E-state index is 0.595. The lowest BCUT2D eigenvalue weighted by Crippen LogP contribution is -2.20. The van der Waals surface area contributed by atoms with Gasteiger partial charge in [-0.3, -0.25) is 0 Å². The maximum Gasteiger partial charge on any atom is 0.175 e. The standard InChI is InChI=1S/C24H24N4S/c1-3-16-8-7-9-17(4-2)22(16)28-24(29)25-19-14-12-18(13-15-19)23-26-20-10-5-6-11-21(20)27-23/h5-15H,3-4H2,1-2H3,(H,26,27)(H2,25,28,29). The average molecular weight is 401 g/mol. The summed E-state index contributed by atoms with van der Waals surface area (Å²) in [5.41, 5.74) is 7.65. The van der Waals surface area contributed by atoms with Crippen molar-refractivity contribution in [2.45, 2.75) is 26.7 Å². The van der Waals surface area contributed by atoms with Crippen LogP contribution in [0, 0.1) is 0 Å². The molecule has 0 bridgehead atoms. The molecule has 4 nitrogen and oxygen atoms in total. The Morgan fingerprint density at radius 1 is 0.862 bits per heavy atom. The van der Waals surface area contributed by atoms with Gasteiger partial charge in [0.2, 0.25) is 0 Å². The second kappa shape index (κ2) is 8.45. The van der Waals surface area contributed by atoms with Gasteiger partial charge in [-0.2, -0.15) is 0 Å². The average Bonchev–Trinajstić information content (AvgIpc) is 3.18. The molecule has 29 heavy (non-hydrogen) atoms. The molecule has 0 saturated carbocycles. The zero-order valence-corrected chi connectivity index (χ0v) is 17.4. The third kappa shape index (κ3) is 4.15. The van der Waals surface area contributed by atoms with E-state index in [0.717, 1.165) is 46.6 Å². The minimum Gasteiger partial charge on any atom is -0.338 e. The molecule has 0 aliphatic heterocycles. The van der Waals surface area contributed by atoms with Crippen LogP contribution in [0.1, 0.15) is 25.0 Å². The van der Waals surface area contributed by atoms with Crippen LogP contribution in [0.15, 0.2) is 66.7 Å². The number of nitrogens with zero attached hydrogens (tertiary/aromatic N) is 1. The van der Waals surface area contributed by atoms with E-state index in [1.807, 2.05) is 48.5 Å². The van der Waals surface area contributed by atoms with Crippen molar-refractivity contribution in [2.24, 2.45) is 0 Å². The lowest BCUT2D eigenvalue weighted by atomic mass is 10.0. The second-order valence-electron chi connectivity index (χ2n) is 6.92. The normalized spacial score (nSPS) is 10.8. The van der Waals surface area contributed by atoms with Gasteiger partial charge < -0.3 is 15.6 Å². The van der Waals surface area contributed by atoms with Gasteiger partial charge in [0.25, 0.3) is 0 Å². The summed E-state index contributed by atoms with van der Waals surface area (Å²) in [6, 6.07) is 22.6. The molecule has 4 rings (SSSR count). The molecule has 1 heterocycles. The molecular formula is C24H24N4S. The van der Waals surface area contributed by atoms with Gasteiger partial charge in [0, 0.05) is 16.9 Å². The summed E-state index contributed by atoms with van der Waals surface area (Å²) >= 11 is 5.56. The van der Waals surface area contributed by atoms with E-state index in [9.17, 15) is 0 Å². The second-order valence-corrected chi connectivity index (χ2v) is 7.33. The quantitative estimate of drug-likeness (QED) is 0.351. The molecule has 5 heteroatoms. The largest absolute Gasteiger partial charge is 0.338 e. The fraction of sp³-hybridized carbons (Fsp3) is 0.167. The summed E-state index contributed by atoms with van der Waals surface area (Å²) in [4.78, 5) is 8.01. The fourth-order valence-corrected chi connectivity index (χ4v) is 3.70. The molecular weight excluding hydrogens is 376 g/mol. The number of para-hydroxylation sites is 3. The highest BCUT2D eigenvalue weighted by Gasteiger charge is 2.09. The van der Waals surface area contributed by atoms with Crippen molar-refractivity contribution < 1.29 is 0 Å². The van der Waals surface area contributed by atoms with Crippen LogP contribution in [-0.4, -0.2) is 15.1 Å². The first-order valence-corrected chi connectivity index (χ1v) is 10.3. The van der Waals surface area contributed by atoms with Crippen molar-refractivity contribution in [3.63, 3.8) is 0 Å². The van der Waals surface area contributed by atoms with E-state index in [4.69, 9.17) is 12.2 Å². The van der Waals surface area contributed by atoms with Crippen LogP contribution < -0.4 is 10.6 Å². The van der Waals surface area contributed by atoms with E-state index in [2.05, 4.69) is 52.6 Å². The Morgan fingerprint density at radius 2 is 1.55 bits per heavy atom. The van der Waals surface area contributed by atoms with E-state index in [1.165, 1.54) is 11.1 Å². The first-order chi connectivity index (χ1) is 14.2. The summed E-state index contributed by atoms with van der Waals surface area (Å²) in [5.74, 6) is 0.864. The number of aromatic amines is 1. The molecule has 0 saturated heterocycles. The highest BCUT2D eigenvalue weighted by Crippen LogP contribution is 2.24. The number of rotatable bonds is 5. The van der Waals surface area contributed by atoms with Crippen LogP contribution in [0.2, 0.25) is 0 Å². The van der Waals surface area contributed by atoms with Crippen LogP contribution >= 0.6 is 12.2 Å². The monoisotopic (exact) mass is 400 g/mol. The Hall–Kier alpha value is -3.18. The van der Waals surface area contributed by atoms with Crippen molar-refractivity contribution in [1.29, 1.82) is 0 Å². The number of hydrogen-bond donors (Lipinski definition) is 3. The van der Waals surface area contributed by atoms with Crippen molar-refractivity contribution in [2.75, 3.05) is 10.6 Å². The van der Waals surface area contributed by atoms with Crippen molar-refractivity contribution in [1.82, 2.24) is 9.97 Å². The SMILES string of the molecule is CCc1cccc(CC)c1NC(=S)Nc1ccc(-c2nc3ccccc3[nH]2)cc1. The van der Waals surface area contributed by atoms with Gasteiger partial charge in [-0.05, 0) is 72.6 Å². The number of nitrogens with one attached hydrogen (secondary N) is 3. The smallest absolute Gasteiger partial charge is 0.175 e. The van der Waals surface area contributed by atoms with E-state index in [1.54, 1.807) is 0 Å². The molecule has 146 valence electrons. The van der Waals surface area contributed by atoms with Gasteiger partial charge in [-0.25, -0.2) is 4.98 Å². The summed E-state index contributed by atoms with van der Waals surface area (Å²) in [5, 5.41) is 7.28. The molecule has 0 atom stereocenters. The predicted molar refractivity (Wildman–Crippen MR) is 127 cm³/mol. The lowest BCUT2D eigenvalue weighted by Gasteiger charge is -2.17. The van der Waals surface area contributed by atoms with Crippen LogP contribution in [0.25, 0.3) is 22.4 Å². The Kier molecular flexibility index (Phi) is 5.58. The van der Waals surface area contributed by atoms with Crippen LogP contribution in [0.5, 0.6) is 0 Å². The molecule has 0 amide bonds. The molecule has 3 N–H and O–H groups in total. The van der Waals surface area contributed by atoms with Gasteiger partial charge in [-0.15, -0.1) is 0 Å². The molecule has 0 aliphatic rings. The number of thiocarbonyl (C=S) groups is 1. The molecule has 3 aromatic carbocycles.